The molecule has 1 N–H and O–H groups in total. The van der Waals surface area contributed by atoms with Crippen LogP contribution in [0.1, 0.15) is 10.4 Å². The minimum Gasteiger partial charge on any atom is -0.334 e. The molecule has 0 spiro atoms. The van der Waals surface area contributed by atoms with E-state index in [2.05, 4.69) is 10.3 Å². The van der Waals surface area contributed by atoms with Crippen molar-refractivity contribution >= 4 is 17.4 Å². The summed E-state index contributed by atoms with van der Waals surface area (Å²) in [5.74, 6) is 0.0690. The van der Waals surface area contributed by atoms with Crippen molar-refractivity contribution in [2.45, 2.75) is 0 Å². The highest BCUT2D eigenvalue weighted by molar-refractivity contribution is 6.01. The van der Waals surface area contributed by atoms with E-state index in [1.165, 1.54) is 12.1 Å². The first-order valence-electron chi connectivity index (χ1n) is 5.52. The highest BCUT2D eigenvalue weighted by Crippen LogP contribution is 2.28. The predicted octanol–water partition coefficient (Wildman–Crippen LogP) is 2.06. The molecule has 1 aromatic heterocycles. The summed E-state index contributed by atoms with van der Waals surface area (Å²) in [6.45, 7) is 0.284. The molecular weight excluding hydrogens is 233 g/mol. The summed E-state index contributed by atoms with van der Waals surface area (Å²) >= 11 is 0. The van der Waals surface area contributed by atoms with E-state index in [-0.39, 0.29) is 18.4 Å². The fraction of sp³-hybridized carbons (Fsp3) is 0.0769. The van der Waals surface area contributed by atoms with Crippen molar-refractivity contribution in [2.24, 2.45) is 0 Å². The number of nitrogens with one attached hydrogen (secondary N) is 1. The van der Waals surface area contributed by atoms with Crippen LogP contribution in [-0.4, -0.2) is 17.6 Å². The van der Waals surface area contributed by atoms with Gasteiger partial charge in [-0.15, -0.1) is 0 Å². The molecule has 3 rings (SSSR count). The van der Waals surface area contributed by atoms with E-state index in [1.807, 2.05) is 0 Å². The number of fused-ring (bicyclic) bond motifs is 1. The van der Waals surface area contributed by atoms with E-state index < -0.39 is 0 Å². The summed E-state index contributed by atoms with van der Waals surface area (Å²) < 4.78 is 13.2. The Labute approximate surface area is 103 Å². The second-order valence-electron chi connectivity index (χ2n) is 3.95. The summed E-state index contributed by atoms with van der Waals surface area (Å²) in [4.78, 5) is 17.6. The Balaban J connectivity index is 2.10. The van der Waals surface area contributed by atoms with Gasteiger partial charge in [0.25, 0.3) is 5.91 Å². The van der Waals surface area contributed by atoms with Gasteiger partial charge in [-0.2, -0.15) is 0 Å². The molecule has 1 aliphatic heterocycles. The number of rotatable bonds is 1. The molecule has 1 aliphatic rings. The lowest BCUT2D eigenvalue weighted by molar-refractivity contribution is 0.0949. The van der Waals surface area contributed by atoms with Crippen LogP contribution in [0.3, 0.4) is 0 Å². The van der Waals surface area contributed by atoms with Gasteiger partial charge in [-0.3, -0.25) is 4.79 Å². The molecule has 0 aliphatic carbocycles. The first kappa shape index (κ1) is 10.7. The second-order valence-corrected chi connectivity index (χ2v) is 3.95. The summed E-state index contributed by atoms with van der Waals surface area (Å²) in [5, 5.41) is 2.73. The van der Waals surface area contributed by atoms with Crippen molar-refractivity contribution in [1.29, 1.82) is 0 Å². The fourth-order valence-corrected chi connectivity index (χ4v) is 1.97. The lowest BCUT2D eigenvalue weighted by atomic mass is 10.2. The van der Waals surface area contributed by atoms with Crippen molar-refractivity contribution in [3.8, 4) is 0 Å². The number of carbonyl (C=O) groups excluding carboxylic acids is 1. The first-order chi connectivity index (χ1) is 8.75. The molecule has 0 atom stereocenters. The molecule has 90 valence electrons. The highest BCUT2D eigenvalue weighted by atomic mass is 19.1. The van der Waals surface area contributed by atoms with Crippen LogP contribution in [0, 0.1) is 5.82 Å². The van der Waals surface area contributed by atoms with Crippen molar-refractivity contribution in [2.75, 3.05) is 11.6 Å². The lowest BCUT2D eigenvalue weighted by Crippen LogP contribution is -2.41. The molecule has 1 amide bonds. The molecule has 0 fully saturated rings. The Bertz CT molecular complexity index is 615. The Hall–Kier alpha value is -2.43. The number of amides is 1. The van der Waals surface area contributed by atoms with Gasteiger partial charge in [-0.1, -0.05) is 6.07 Å². The molecule has 0 bridgehead atoms. The fourth-order valence-electron chi connectivity index (χ4n) is 1.97. The molecule has 4 nitrogen and oxygen atoms in total. The first-order valence-corrected chi connectivity index (χ1v) is 5.52. The Kier molecular flexibility index (Phi) is 2.44. The van der Waals surface area contributed by atoms with E-state index in [0.29, 0.717) is 17.1 Å². The smallest absolute Gasteiger partial charge is 0.256 e. The zero-order valence-electron chi connectivity index (χ0n) is 9.43. The number of carbonyl (C=O) groups is 1. The molecule has 18 heavy (non-hydrogen) atoms. The third kappa shape index (κ3) is 1.69. The van der Waals surface area contributed by atoms with Crippen molar-refractivity contribution in [1.82, 2.24) is 10.3 Å². The van der Waals surface area contributed by atoms with Gasteiger partial charge >= 0.3 is 0 Å². The average Bonchev–Trinajstić information content (AvgIpc) is 2.39. The van der Waals surface area contributed by atoms with Crippen LogP contribution >= 0.6 is 0 Å². The van der Waals surface area contributed by atoms with Gasteiger partial charge in [-0.05, 0) is 30.3 Å². The number of halogens is 1. The molecule has 1 aromatic carbocycles. The number of benzene rings is 1. The number of aromatic nitrogens is 1. The number of pyridine rings is 1. The summed E-state index contributed by atoms with van der Waals surface area (Å²) in [6.07, 6.45) is 1.61. The van der Waals surface area contributed by atoms with E-state index in [0.717, 1.165) is 0 Å². The van der Waals surface area contributed by atoms with Crippen LogP contribution in [0.4, 0.5) is 15.9 Å². The monoisotopic (exact) mass is 243 g/mol. The Morgan fingerprint density at radius 3 is 3.00 bits per heavy atom. The number of nitrogens with zero attached hydrogens (tertiary/aromatic N) is 2. The van der Waals surface area contributed by atoms with Crippen LogP contribution in [0.15, 0.2) is 42.6 Å². The lowest BCUT2D eigenvalue weighted by Gasteiger charge is -2.29. The van der Waals surface area contributed by atoms with E-state index >= 15 is 0 Å². The topological polar surface area (TPSA) is 45.2 Å². The van der Waals surface area contributed by atoms with Crippen LogP contribution in [-0.2, 0) is 0 Å². The van der Waals surface area contributed by atoms with Gasteiger partial charge in [-0.25, -0.2) is 9.37 Å². The third-order valence-electron chi connectivity index (χ3n) is 2.80. The van der Waals surface area contributed by atoms with Gasteiger partial charge in [0, 0.05) is 11.9 Å². The number of hydrogen-bond acceptors (Lipinski definition) is 3. The zero-order valence-corrected chi connectivity index (χ0v) is 9.43. The number of hydrogen-bond donors (Lipinski definition) is 1. The van der Waals surface area contributed by atoms with Crippen molar-refractivity contribution in [3.05, 3.63) is 54.0 Å². The molecule has 0 radical (unpaired) electrons. The molecular formula is C13H10FN3O. The van der Waals surface area contributed by atoms with Crippen LogP contribution < -0.4 is 10.2 Å². The van der Waals surface area contributed by atoms with Crippen LogP contribution in [0.2, 0.25) is 0 Å². The van der Waals surface area contributed by atoms with Gasteiger partial charge in [0.15, 0.2) is 0 Å². The standard InChI is InChI=1S/C13H10FN3O/c14-9-3-1-4-10(7-9)17-8-16-13(18)11-5-2-6-15-12(11)17/h1-7H,8H2,(H,16,18). The summed E-state index contributed by atoms with van der Waals surface area (Å²) in [7, 11) is 0. The van der Waals surface area contributed by atoms with Gasteiger partial charge in [0.2, 0.25) is 0 Å². The average molecular weight is 243 g/mol. The second kappa shape index (κ2) is 4.10. The van der Waals surface area contributed by atoms with Gasteiger partial charge in [0.05, 0.1) is 12.2 Å². The molecule has 0 saturated heterocycles. The molecule has 5 heteroatoms. The predicted molar refractivity (Wildman–Crippen MR) is 65.1 cm³/mol. The quantitative estimate of drug-likeness (QED) is 0.833. The third-order valence-corrected chi connectivity index (χ3v) is 2.80. The van der Waals surface area contributed by atoms with Crippen LogP contribution in [0.5, 0.6) is 0 Å². The van der Waals surface area contributed by atoms with Crippen LogP contribution in [0.25, 0.3) is 0 Å². The van der Waals surface area contributed by atoms with Crippen molar-refractivity contribution in [3.63, 3.8) is 0 Å². The van der Waals surface area contributed by atoms with Gasteiger partial charge < -0.3 is 10.2 Å². The Morgan fingerprint density at radius 2 is 2.17 bits per heavy atom. The Morgan fingerprint density at radius 1 is 1.28 bits per heavy atom. The number of anilines is 2. The SMILES string of the molecule is O=C1NCN(c2cccc(F)c2)c2ncccc21. The van der Waals surface area contributed by atoms with E-state index in [4.69, 9.17) is 0 Å². The normalized spacial score (nSPS) is 14.1. The van der Waals surface area contributed by atoms with E-state index in [9.17, 15) is 9.18 Å². The molecule has 0 unspecified atom stereocenters. The van der Waals surface area contributed by atoms with Gasteiger partial charge in [0.1, 0.15) is 11.6 Å². The summed E-state index contributed by atoms with van der Waals surface area (Å²) in [6, 6.07) is 9.60. The maximum atomic E-state index is 13.2. The molecule has 0 saturated carbocycles. The molecule has 2 heterocycles. The minimum atomic E-state index is -0.318. The largest absolute Gasteiger partial charge is 0.334 e. The maximum Gasteiger partial charge on any atom is 0.256 e. The maximum absolute atomic E-state index is 13.2. The minimum absolute atomic E-state index is 0.161. The highest BCUT2D eigenvalue weighted by Gasteiger charge is 2.24. The zero-order chi connectivity index (χ0) is 12.5. The summed E-state index contributed by atoms with van der Waals surface area (Å²) in [5.41, 5.74) is 1.16. The van der Waals surface area contributed by atoms with Crippen molar-refractivity contribution < 1.29 is 9.18 Å². The molecule has 2 aromatic rings. The van der Waals surface area contributed by atoms with E-state index in [1.54, 1.807) is 35.4 Å².